The molecule has 4 rings (SSSR count). The highest BCUT2D eigenvalue weighted by atomic mass is 32.1. The minimum Gasteiger partial charge on any atom is -0.343 e. The van der Waals surface area contributed by atoms with Crippen molar-refractivity contribution in [1.29, 1.82) is 0 Å². The summed E-state index contributed by atoms with van der Waals surface area (Å²) >= 11 is 1.62. The number of hydroxylamine groups is 1. The molecule has 0 aliphatic rings. The number of benzene rings is 2. The van der Waals surface area contributed by atoms with Crippen LogP contribution >= 0.6 is 11.3 Å². The van der Waals surface area contributed by atoms with Crippen molar-refractivity contribution in [2.75, 3.05) is 6.61 Å². The van der Waals surface area contributed by atoms with Gasteiger partial charge in [-0.25, -0.2) is 9.87 Å². The molecule has 0 fully saturated rings. The maximum Gasteiger partial charge on any atom is 0.244 e. The second-order valence-corrected chi connectivity index (χ2v) is 7.91. The molecule has 1 amide bonds. The Kier molecular flexibility index (Phi) is 6.26. The van der Waals surface area contributed by atoms with E-state index in [0.29, 0.717) is 19.6 Å². The zero-order valence-electron chi connectivity index (χ0n) is 16.7. The monoisotopic (exact) mass is 422 g/mol. The van der Waals surface area contributed by atoms with Gasteiger partial charge in [-0.2, -0.15) is 11.3 Å². The highest BCUT2D eigenvalue weighted by molar-refractivity contribution is 7.08. The number of halogens is 1. The molecule has 0 spiro atoms. The number of nitrogens with one attached hydrogen (secondary N) is 1. The van der Waals surface area contributed by atoms with Gasteiger partial charge in [-0.15, -0.1) is 0 Å². The zero-order chi connectivity index (χ0) is 20.9. The van der Waals surface area contributed by atoms with Gasteiger partial charge < -0.3 is 4.57 Å². The Morgan fingerprint density at radius 1 is 1.17 bits per heavy atom. The van der Waals surface area contributed by atoms with E-state index in [1.54, 1.807) is 23.5 Å². The van der Waals surface area contributed by atoms with Crippen LogP contribution in [0.1, 0.15) is 36.0 Å². The number of hydrogen-bond donors (Lipinski definition) is 1. The summed E-state index contributed by atoms with van der Waals surface area (Å²) in [6.07, 6.45) is 2.41. The molecule has 2 heterocycles. The third-order valence-corrected chi connectivity index (χ3v) is 5.83. The topological polar surface area (TPSA) is 43.3 Å². The predicted molar refractivity (Wildman–Crippen MR) is 118 cm³/mol. The molecule has 1 unspecified atom stereocenters. The van der Waals surface area contributed by atoms with Crippen LogP contribution in [0.5, 0.6) is 0 Å². The molecule has 0 bridgehead atoms. The normalized spacial score (nSPS) is 12.2. The number of hydrogen-bond acceptors (Lipinski definition) is 3. The first-order valence-corrected chi connectivity index (χ1v) is 10.8. The molecule has 0 aliphatic heterocycles. The summed E-state index contributed by atoms with van der Waals surface area (Å²) in [6, 6.07) is 16.8. The average Bonchev–Trinajstić information content (AvgIpc) is 3.41. The van der Waals surface area contributed by atoms with Crippen molar-refractivity contribution in [3.8, 4) is 0 Å². The molecule has 1 N–H and O–H groups in total. The van der Waals surface area contributed by atoms with Gasteiger partial charge in [-0.1, -0.05) is 30.3 Å². The summed E-state index contributed by atoms with van der Waals surface area (Å²) in [5.74, 6) is -0.478. The first-order chi connectivity index (χ1) is 14.7. The van der Waals surface area contributed by atoms with Crippen molar-refractivity contribution in [2.24, 2.45) is 0 Å². The Bertz CT molecular complexity index is 1120. The van der Waals surface area contributed by atoms with Crippen LogP contribution in [0.25, 0.3) is 10.9 Å². The third-order valence-electron chi connectivity index (χ3n) is 5.13. The number of rotatable bonds is 8. The molecule has 0 radical (unpaired) electrons. The molecule has 0 aliphatic carbocycles. The molecule has 4 nitrogen and oxygen atoms in total. The fourth-order valence-corrected chi connectivity index (χ4v) is 4.44. The van der Waals surface area contributed by atoms with Crippen LogP contribution in [-0.2, 0) is 16.2 Å². The fourth-order valence-electron chi connectivity index (χ4n) is 3.73. The molecule has 6 heteroatoms. The van der Waals surface area contributed by atoms with Gasteiger partial charge in [-0.05, 0) is 58.6 Å². The summed E-state index contributed by atoms with van der Waals surface area (Å²) in [5.41, 5.74) is 6.82. The van der Waals surface area contributed by atoms with Crippen molar-refractivity contribution in [1.82, 2.24) is 10.0 Å². The van der Waals surface area contributed by atoms with Gasteiger partial charge >= 0.3 is 0 Å². The molecule has 4 aromatic rings. The number of fused-ring (bicyclic) bond motifs is 1. The van der Waals surface area contributed by atoms with Crippen molar-refractivity contribution in [2.45, 2.75) is 25.8 Å². The molecular weight excluding hydrogens is 399 g/mol. The summed E-state index contributed by atoms with van der Waals surface area (Å²) in [4.78, 5) is 17.6. The molecular formula is C24H23FN2O2S. The van der Waals surface area contributed by atoms with Crippen LogP contribution in [0, 0.1) is 5.82 Å². The number of thiophene rings is 1. The van der Waals surface area contributed by atoms with E-state index in [-0.39, 0.29) is 17.6 Å². The van der Waals surface area contributed by atoms with Crippen LogP contribution < -0.4 is 5.48 Å². The lowest BCUT2D eigenvalue weighted by molar-refractivity contribution is -0.133. The second-order valence-electron chi connectivity index (χ2n) is 7.13. The smallest absolute Gasteiger partial charge is 0.244 e. The maximum atomic E-state index is 13.3. The number of amides is 1. The predicted octanol–water partition coefficient (Wildman–Crippen LogP) is 5.48. The fraction of sp³-hybridized carbons (Fsp3) is 0.208. The van der Waals surface area contributed by atoms with E-state index in [4.69, 9.17) is 4.84 Å². The van der Waals surface area contributed by atoms with Crippen LogP contribution in [0.3, 0.4) is 0 Å². The number of carbonyl (C=O) groups is 1. The number of aromatic nitrogens is 1. The lowest BCUT2D eigenvalue weighted by Gasteiger charge is -2.15. The van der Waals surface area contributed by atoms with E-state index in [2.05, 4.69) is 39.8 Å². The lowest BCUT2D eigenvalue weighted by atomic mass is 9.90. The maximum absolute atomic E-state index is 13.3. The van der Waals surface area contributed by atoms with Crippen LogP contribution in [0.2, 0.25) is 0 Å². The Morgan fingerprint density at radius 3 is 2.70 bits per heavy atom. The summed E-state index contributed by atoms with van der Waals surface area (Å²) < 4.78 is 15.5. The lowest BCUT2D eigenvalue weighted by Crippen LogP contribution is -2.25. The van der Waals surface area contributed by atoms with Gasteiger partial charge in [0.2, 0.25) is 5.91 Å². The van der Waals surface area contributed by atoms with Gasteiger partial charge in [0.05, 0.1) is 6.61 Å². The van der Waals surface area contributed by atoms with Crippen molar-refractivity contribution in [3.05, 3.63) is 94.1 Å². The minimum atomic E-state index is -0.241. The molecule has 30 heavy (non-hydrogen) atoms. The quantitative estimate of drug-likeness (QED) is 0.382. The van der Waals surface area contributed by atoms with E-state index in [1.165, 1.54) is 12.1 Å². The molecule has 1 atom stereocenters. The highest BCUT2D eigenvalue weighted by Gasteiger charge is 2.23. The number of para-hydroxylation sites is 1. The van der Waals surface area contributed by atoms with Gasteiger partial charge in [0, 0.05) is 36.0 Å². The summed E-state index contributed by atoms with van der Waals surface area (Å²) in [7, 11) is 0. The van der Waals surface area contributed by atoms with Gasteiger partial charge in [0.25, 0.3) is 0 Å². The Morgan fingerprint density at radius 2 is 1.97 bits per heavy atom. The summed E-state index contributed by atoms with van der Waals surface area (Å²) in [5, 5.41) is 5.23. The molecule has 154 valence electrons. The van der Waals surface area contributed by atoms with Crippen molar-refractivity contribution < 1.29 is 14.0 Å². The standard InChI is InChI=1S/C24H23FN2O2S/c1-2-29-26-24(28)13-21(18-11-12-30-16-18)22-15-27(23-6-4-3-5-20(22)23)14-17-7-9-19(25)10-8-17/h3-12,15-16,21H,2,13-14H2,1H3,(H,26,28). The molecule has 2 aromatic carbocycles. The van der Waals surface area contributed by atoms with Crippen LogP contribution in [0.4, 0.5) is 4.39 Å². The molecule has 2 aromatic heterocycles. The second kappa shape index (κ2) is 9.24. The van der Waals surface area contributed by atoms with Crippen LogP contribution in [0.15, 0.2) is 71.6 Å². The first kappa shape index (κ1) is 20.3. The van der Waals surface area contributed by atoms with Crippen LogP contribution in [-0.4, -0.2) is 17.1 Å². The van der Waals surface area contributed by atoms with E-state index >= 15 is 0 Å². The molecule has 0 saturated heterocycles. The van der Waals surface area contributed by atoms with Gasteiger partial charge in [0.1, 0.15) is 5.82 Å². The molecule has 0 saturated carbocycles. The third kappa shape index (κ3) is 4.45. The Hall–Kier alpha value is -2.96. The van der Waals surface area contributed by atoms with Gasteiger partial charge in [-0.3, -0.25) is 9.63 Å². The minimum absolute atomic E-state index is 0.0870. The summed E-state index contributed by atoms with van der Waals surface area (Å²) in [6.45, 7) is 2.88. The van der Waals surface area contributed by atoms with E-state index < -0.39 is 0 Å². The average molecular weight is 423 g/mol. The van der Waals surface area contributed by atoms with Gasteiger partial charge in [0.15, 0.2) is 0 Å². The Balaban J connectivity index is 1.73. The van der Waals surface area contributed by atoms with Crippen molar-refractivity contribution in [3.63, 3.8) is 0 Å². The largest absolute Gasteiger partial charge is 0.343 e. The van der Waals surface area contributed by atoms with E-state index in [0.717, 1.165) is 27.6 Å². The Labute approximate surface area is 178 Å². The van der Waals surface area contributed by atoms with E-state index in [9.17, 15) is 9.18 Å². The van der Waals surface area contributed by atoms with Crippen molar-refractivity contribution >= 4 is 28.1 Å². The SMILES string of the molecule is CCONC(=O)CC(c1ccsc1)c1cn(Cc2ccc(F)cc2)c2ccccc12. The number of carbonyl (C=O) groups excluding carboxylic acids is 1. The zero-order valence-corrected chi connectivity index (χ0v) is 17.5. The first-order valence-electron chi connectivity index (χ1n) is 9.90. The number of nitrogens with zero attached hydrogens (tertiary/aromatic N) is 1. The highest BCUT2D eigenvalue weighted by Crippen LogP contribution is 2.36. The van der Waals surface area contributed by atoms with E-state index in [1.807, 2.05) is 24.4 Å².